The summed E-state index contributed by atoms with van der Waals surface area (Å²) in [7, 11) is 0. The lowest BCUT2D eigenvalue weighted by Gasteiger charge is -2.25. The van der Waals surface area contributed by atoms with Crippen molar-refractivity contribution in [2.24, 2.45) is 5.92 Å². The molecule has 2 amide bonds. The number of carbonyl (C=O) groups is 3. The number of hydrogen-bond donors (Lipinski definition) is 3. The van der Waals surface area contributed by atoms with E-state index in [2.05, 4.69) is 10.6 Å². The third kappa shape index (κ3) is 7.05. The molecule has 25 heavy (non-hydrogen) atoms. The van der Waals surface area contributed by atoms with Crippen LogP contribution in [0.1, 0.15) is 39.2 Å². The van der Waals surface area contributed by atoms with E-state index in [4.69, 9.17) is 0 Å². The van der Waals surface area contributed by atoms with Gasteiger partial charge in [0.1, 0.15) is 12.6 Å². The molecule has 0 radical (unpaired) electrons. The van der Waals surface area contributed by atoms with Crippen molar-refractivity contribution in [3.63, 3.8) is 0 Å². The number of nitrogens with one attached hydrogen (secondary N) is 2. The van der Waals surface area contributed by atoms with Gasteiger partial charge in [-0.2, -0.15) is 0 Å². The Morgan fingerprint density at radius 3 is 2.28 bits per heavy atom. The molecule has 3 atom stereocenters. The summed E-state index contributed by atoms with van der Waals surface area (Å²) in [6, 6.07) is 8.14. The van der Waals surface area contributed by atoms with Crippen LogP contribution in [0.15, 0.2) is 30.3 Å². The third-order valence-corrected chi connectivity index (χ3v) is 4.28. The number of benzene rings is 1. The highest BCUT2D eigenvalue weighted by Gasteiger charge is 2.28. The maximum Gasteiger partial charge on any atom is 0.243 e. The number of rotatable bonds is 10. The van der Waals surface area contributed by atoms with Crippen molar-refractivity contribution in [3.8, 4) is 0 Å². The van der Waals surface area contributed by atoms with Crippen LogP contribution in [0.2, 0.25) is 0 Å². The summed E-state index contributed by atoms with van der Waals surface area (Å²) in [6.07, 6.45) is 1.70. The van der Waals surface area contributed by atoms with Crippen LogP contribution in [0.3, 0.4) is 0 Å². The van der Waals surface area contributed by atoms with Crippen molar-refractivity contribution < 1.29 is 19.5 Å². The third-order valence-electron chi connectivity index (χ3n) is 4.28. The van der Waals surface area contributed by atoms with Gasteiger partial charge < -0.3 is 15.7 Å². The molecule has 6 nitrogen and oxygen atoms in total. The zero-order chi connectivity index (χ0) is 18.8. The zero-order valence-electron chi connectivity index (χ0n) is 15.1. The molecule has 1 aromatic rings. The molecule has 6 heteroatoms. The Balaban J connectivity index is 2.79. The van der Waals surface area contributed by atoms with Crippen molar-refractivity contribution in [1.82, 2.24) is 10.6 Å². The number of hydrogen-bond acceptors (Lipinski definition) is 4. The first-order chi connectivity index (χ1) is 11.9. The Morgan fingerprint density at radius 2 is 1.76 bits per heavy atom. The molecule has 0 saturated heterocycles. The van der Waals surface area contributed by atoms with Crippen LogP contribution in [0.4, 0.5) is 0 Å². The van der Waals surface area contributed by atoms with E-state index in [0.717, 1.165) is 5.56 Å². The minimum Gasteiger partial charge on any atom is -0.389 e. The van der Waals surface area contributed by atoms with E-state index in [1.54, 1.807) is 0 Å². The van der Waals surface area contributed by atoms with Crippen LogP contribution >= 0.6 is 0 Å². The van der Waals surface area contributed by atoms with Crippen molar-refractivity contribution >= 4 is 17.6 Å². The highest BCUT2D eigenvalue weighted by atomic mass is 16.3. The van der Waals surface area contributed by atoms with Gasteiger partial charge in [0.2, 0.25) is 11.8 Å². The van der Waals surface area contributed by atoms with Crippen molar-refractivity contribution in [1.29, 1.82) is 0 Å². The Labute approximate surface area is 149 Å². The molecule has 0 aliphatic rings. The van der Waals surface area contributed by atoms with Gasteiger partial charge in [0, 0.05) is 6.92 Å². The minimum atomic E-state index is -0.780. The molecular formula is C19H28N2O4. The van der Waals surface area contributed by atoms with Crippen LogP contribution in [-0.4, -0.2) is 41.4 Å². The monoisotopic (exact) mass is 348 g/mol. The van der Waals surface area contributed by atoms with Gasteiger partial charge in [0.25, 0.3) is 0 Å². The molecule has 0 aromatic heterocycles. The Hall–Kier alpha value is -2.21. The summed E-state index contributed by atoms with van der Waals surface area (Å²) < 4.78 is 0. The van der Waals surface area contributed by atoms with Gasteiger partial charge in [0.05, 0.1) is 6.04 Å². The zero-order valence-corrected chi connectivity index (χ0v) is 15.1. The van der Waals surface area contributed by atoms with E-state index in [0.29, 0.717) is 19.3 Å². The van der Waals surface area contributed by atoms with Gasteiger partial charge in [-0.25, -0.2) is 0 Å². The maximum absolute atomic E-state index is 12.6. The van der Waals surface area contributed by atoms with E-state index in [1.165, 1.54) is 6.92 Å². The lowest BCUT2D eigenvalue weighted by atomic mass is 9.96. The topological polar surface area (TPSA) is 95.5 Å². The molecule has 0 bridgehead atoms. The second-order valence-corrected chi connectivity index (χ2v) is 6.27. The van der Waals surface area contributed by atoms with Crippen molar-refractivity contribution in [2.45, 2.75) is 52.1 Å². The highest BCUT2D eigenvalue weighted by Crippen LogP contribution is 2.10. The van der Waals surface area contributed by atoms with Gasteiger partial charge in [-0.15, -0.1) is 0 Å². The van der Waals surface area contributed by atoms with Crippen LogP contribution in [0.25, 0.3) is 0 Å². The van der Waals surface area contributed by atoms with E-state index >= 15 is 0 Å². The number of amides is 2. The summed E-state index contributed by atoms with van der Waals surface area (Å²) in [5.41, 5.74) is 1.05. The fourth-order valence-electron chi connectivity index (χ4n) is 2.56. The Bertz CT molecular complexity index is 574. The second kappa shape index (κ2) is 10.6. The van der Waals surface area contributed by atoms with Gasteiger partial charge in [-0.05, 0) is 24.3 Å². The molecule has 1 rings (SSSR count). The maximum atomic E-state index is 12.6. The molecule has 138 valence electrons. The average Bonchev–Trinajstić information content (AvgIpc) is 2.62. The minimum absolute atomic E-state index is 0.0668. The molecule has 0 aliphatic carbocycles. The molecular weight excluding hydrogens is 320 g/mol. The summed E-state index contributed by atoms with van der Waals surface area (Å²) in [5.74, 6) is -1.20. The predicted molar refractivity (Wildman–Crippen MR) is 95.8 cm³/mol. The van der Waals surface area contributed by atoms with E-state index in [9.17, 15) is 19.5 Å². The van der Waals surface area contributed by atoms with Gasteiger partial charge in [0.15, 0.2) is 5.78 Å². The molecule has 1 unspecified atom stereocenters. The number of ketones is 1. The lowest BCUT2D eigenvalue weighted by Crippen LogP contribution is -2.54. The fourth-order valence-corrected chi connectivity index (χ4v) is 2.56. The summed E-state index contributed by atoms with van der Waals surface area (Å²) in [6.45, 7) is 4.52. The Kier molecular flexibility index (Phi) is 8.84. The largest absolute Gasteiger partial charge is 0.389 e. The molecule has 0 saturated carbocycles. The van der Waals surface area contributed by atoms with Gasteiger partial charge in [-0.1, -0.05) is 50.6 Å². The quantitative estimate of drug-likeness (QED) is 0.592. The first-order valence-electron chi connectivity index (χ1n) is 8.64. The van der Waals surface area contributed by atoms with E-state index < -0.39 is 30.4 Å². The molecule has 1 aromatic carbocycles. The fraction of sp³-hybridized carbons (Fsp3) is 0.526. The summed E-state index contributed by atoms with van der Waals surface area (Å²) >= 11 is 0. The highest BCUT2D eigenvalue weighted by molar-refractivity contribution is 5.93. The summed E-state index contributed by atoms with van der Waals surface area (Å²) in [5, 5.41) is 14.5. The SMILES string of the molecule is CCC(C)[C@H](NC(C)=O)C(=O)N[C@@H](CCc1ccccc1)C(=O)CO. The van der Waals surface area contributed by atoms with Crippen molar-refractivity contribution in [2.75, 3.05) is 6.61 Å². The van der Waals surface area contributed by atoms with Gasteiger partial charge in [-0.3, -0.25) is 14.4 Å². The first-order valence-corrected chi connectivity index (χ1v) is 8.64. The molecule has 0 spiro atoms. The first kappa shape index (κ1) is 20.8. The Morgan fingerprint density at radius 1 is 1.12 bits per heavy atom. The lowest BCUT2D eigenvalue weighted by molar-refractivity contribution is -0.133. The van der Waals surface area contributed by atoms with Crippen LogP contribution < -0.4 is 10.6 Å². The molecule has 0 fully saturated rings. The van der Waals surface area contributed by atoms with Crippen LogP contribution in [0, 0.1) is 5.92 Å². The number of aliphatic hydroxyl groups excluding tert-OH is 1. The summed E-state index contributed by atoms with van der Waals surface area (Å²) in [4.78, 5) is 35.9. The predicted octanol–water partition coefficient (Wildman–Crippen LogP) is 1.22. The average molecular weight is 348 g/mol. The number of aryl methyl sites for hydroxylation is 1. The van der Waals surface area contributed by atoms with E-state index in [1.807, 2.05) is 44.2 Å². The van der Waals surface area contributed by atoms with Crippen molar-refractivity contribution in [3.05, 3.63) is 35.9 Å². The van der Waals surface area contributed by atoms with E-state index in [-0.39, 0.29) is 11.8 Å². The molecule has 0 heterocycles. The second-order valence-electron chi connectivity index (χ2n) is 6.27. The molecule has 3 N–H and O–H groups in total. The van der Waals surface area contributed by atoms with Gasteiger partial charge >= 0.3 is 0 Å². The molecule has 0 aliphatic heterocycles. The smallest absolute Gasteiger partial charge is 0.243 e. The standard InChI is InChI=1S/C19H28N2O4/c1-4-13(2)18(20-14(3)23)19(25)21-16(17(24)12-22)11-10-15-8-6-5-7-9-15/h5-9,13,16,18,22H,4,10-12H2,1-3H3,(H,20,23)(H,21,25)/t13?,16-,18-/m0/s1. The van der Waals surface area contributed by atoms with Crippen LogP contribution in [-0.2, 0) is 20.8 Å². The van der Waals surface area contributed by atoms with Crippen LogP contribution in [0.5, 0.6) is 0 Å². The number of aliphatic hydroxyl groups is 1. The number of Topliss-reactive ketones (excluding diaryl/α,β-unsaturated/α-hetero) is 1. The number of carbonyl (C=O) groups excluding carboxylic acids is 3. The normalized spacial score (nSPS) is 14.2.